The Kier molecular flexibility index (Phi) is 5.06. The number of benzene rings is 1. The molecule has 0 aromatic heterocycles. The summed E-state index contributed by atoms with van der Waals surface area (Å²) in [4.78, 5) is 11.9. The Bertz CT molecular complexity index is 479. The first-order chi connectivity index (χ1) is 9.60. The van der Waals surface area contributed by atoms with Crippen LogP contribution in [0.15, 0.2) is 18.2 Å². The van der Waals surface area contributed by atoms with Crippen LogP contribution in [0.5, 0.6) is 0 Å². The van der Waals surface area contributed by atoms with Crippen LogP contribution < -0.4 is 11.1 Å². The number of rotatable bonds is 5. The van der Waals surface area contributed by atoms with Gasteiger partial charge in [0, 0.05) is 12.5 Å². The number of carbonyl (C=O) groups is 1. The first-order valence-corrected chi connectivity index (χ1v) is 7.03. The van der Waals surface area contributed by atoms with Crippen LogP contribution in [0.1, 0.15) is 31.2 Å². The van der Waals surface area contributed by atoms with Crippen LogP contribution in [0.3, 0.4) is 0 Å². The van der Waals surface area contributed by atoms with E-state index in [0.717, 1.165) is 37.5 Å². The summed E-state index contributed by atoms with van der Waals surface area (Å²) in [6, 6.07) is 3.43. The van der Waals surface area contributed by atoms with Gasteiger partial charge < -0.3 is 11.1 Å². The van der Waals surface area contributed by atoms with Gasteiger partial charge in [0.05, 0.1) is 0 Å². The van der Waals surface area contributed by atoms with Gasteiger partial charge in [-0.2, -0.15) is 0 Å². The largest absolute Gasteiger partial charge is 0.353 e. The summed E-state index contributed by atoms with van der Waals surface area (Å²) in [5.74, 6) is -0.746. The summed E-state index contributed by atoms with van der Waals surface area (Å²) < 4.78 is 26.4. The van der Waals surface area contributed by atoms with E-state index in [1.807, 2.05) is 0 Å². The highest BCUT2D eigenvalue weighted by atomic mass is 19.1. The zero-order valence-electron chi connectivity index (χ0n) is 11.4. The summed E-state index contributed by atoms with van der Waals surface area (Å²) in [6.07, 6.45) is 3.43. The topological polar surface area (TPSA) is 55.1 Å². The van der Waals surface area contributed by atoms with Crippen molar-refractivity contribution in [3.05, 3.63) is 35.4 Å². The highest BCUT2D eigenvalue weighted by Gasteiger charge is 2.27. The summed E-state index contributed by atoms with van der Waals surface area (Å²) in [5.41, 5.74) is 5.90. The minimum atomic E-state index is -0.485. The van der Waals surface area contributed by atoms with Crippen LogP contribution in [0.4, 0.5) is 8.78 Å². The molecule has 1 aromatic carbocycles. The number of aryl methyl sites for hydroxylation is 1. The van der Waals surface area contributed by atoms with Crippen LogP contribution >= 0.6 is 0 Å². The molecule has 110 valence electrons. The van der Waals surface area contributed by atoms with E-state index in [1.54, 1.807) is 0 Å². The molecule has 1 aliphatic carbocycles. The van der Waals surface area contributed by atoms with Crippen molar-refractivity contribution in [3.8, 4) is 0 Å². The molecule has 0 aliphatic heterocycles. The van der Waals surface area contributed by atoms with E-state index < -0.39 is 11.6 Å². The molecule has 1 saturated carbocycles. The second kappa shape index (κ2) is 6.79. The van der Waals surface area contributed by atoms with Crippen molar-refractivity contribution >= 4 is 5.91 Å². The fraction of sp³-hybridized carbons (Fsp3) is 0.533. The molecule has 0 radical (unpaired) electrons. The van der Waals surface area contributed by atoms with Crippen LogP contribution in [0, 0.1) is 17.6 Å². The molecule has 3 N–H and O–H groups in total. The van der Waals surface area contributed by atoms with Crippen molar-refractivity contribution in [1.82, 2.24) is 5.32 Å². The van der Waals surface area contributed by atoms with Crippen LogP contribution in [-0.4, -0.2) is 18.5 Å². The Balaban J connectivity index is 1.84. The molecule has 1 fully saturated rings. The molecule has 5 heteroatoms. The molecular formula is C15H20F2N2O. The Morgan fingerprint density at radius 1 is 1.35 bits per heavy atom. The van der Waals surface area contributed by atoms with E-state index >= 15 is 0 Å². The standard InChI is InChI=1S/C15H20F2N2O/c16-12-5-6-13(17)10(8-12)4-7-15(20)19-14-3-1-2-11(14)9-18/h5-6,8,11,14H,1-4,7,9,18H2,(H,19,20). The van der Waals surface area contributed by atoms with Crippen LogP contribution in [0.2, 0.25) is 0 Å². The Morgan fingerprint density at radius 3 is 2.90 bits per heavy atom. The molecule has 1 amide bonds. The van der Waals surface area contributed by atoms with E-state index in [1.165, 1.54) is 0 Å². The first kappa shape index (κ1) is 14.9. The summed E-state index contributed by atoms with van der Waals surface area (Å²) >= 11 is 0. The van der Waals surface area contributed by atoms with Crippen LogP contribution in [0.25, 0.3) is 0 Å². The maximum Gasteiger partial charge on any atom is 0.220 e. The third-order valence-electron chi connectivity index (χ3n) is 3.94. The smallest absolute Gasteiger partial charge is 0.220 e. The van der Waals surface area contributed by atoms with Gasteiger partial charge in [-0.05, 0) is 55.5 Å². The number of hydrogen-bond donors (Lipinski definition) is 2. The summed E-state index contributed by atoms with van der Waals surface area (Å²) in [6.45, 7) is 0.573. The van der Waals surface area contributed by atoms with Gasteiger partial charge in [0.15, 0.2) is 0 Å². The Morgan fingerprint density at radius 2 is 2.15 bits per heavy atom. The molecule has 0 spiro atoms. The summed E-state index contributed by atoms with van der Waals surface area (Å²) in [5, 5.41) is 2.95. The van der Waals surface area contributed by atoms with Crippen molar-refractivity contribution in [3.63, 3.8) is 0 Å². The van der Waals surface area contributed by atoms with Gasteiger partial charge in [-0.1, -0.05) is 6.42 Å². The minimum Gasteiger partial charge on any atom is -0.353 e. The predicted octanol–water partition coefficient (Wildman–Crippen LogP) is 2.14. The molecule has 2 unspecified atom stereocenters. The predicted molar refractivity (Wildman–Crippen MR) is 73.0 cm³/mol. The second-order valence-electron chi connectivity index (χ2n) is 5.34. The number of nitrogens with two attached hydrogens (primary N) is 1. The maximum absolute atomic E-state index is 13.4. The monoisotopic (exact) mass is 282 g/mol. The number of carbonyl (C=O) groups excluding carboxylic acids is 1. The molecular weight excluding hydrogens is 262 g/mol. The highest BCUT2D eigenvalue weighted by molar-refractivity contribution is 5.76. The average Bonchev–Trinajstić information content (AvgIpc) is 2.87. The summed E-state index contributed by atoms with van der Waals surface area (Å²) in [7, 11) is 0. The van der Waals surface area contributed by atoms with E-state index in [2.05, 4.69) is 5.32 Å². The zero-order valence-corrected chi connectivity index (χ0v) is 11.4. The van der Waals surface area contributed by atoms with Gasteiger partial charge in [0.1, 0.15) is 11.6 Å². The van der Waals surface area contributed by atoms with E-state index in [0.29, 0.717) is 12.5 Å². The van der Waals surface area contributed by atoms with E-state index in [4.69, 9.17) is 5.73 Å². The molecule has 0 saturated heterocycles. The molecule has 20 heavy (non-hydrogen) atoms. The number of halogens is 2. The van der Waals surface area contributed by atoms with Crippen molar-refractivity contribution in [2.24, 2.45) is 11.7 Å². The number of hydrogen-bond acceptors (Lipinski definition) is 2. The van der Waals surface area contributed by atoms with E-state index in [-0.39, 0.29) is 30.4 Å². The van der Waals surface area contributed by atoms with Gasteiger partial charge in [-0.25, -0.2) is 8.78 Å². The molecule has 2 atom stereocenters. The van der Waals surface area contributed by atoms with Gasteiger partial charge in [0.25, 0.3) is 0 Å². The molecule has 1 aromatic rings. The van der Waals surface area contributed by atoms with Crippen molar-refractivity contribution < 1.29 is 13.6 Å². The minimum absolute atomic E-state index is 0.126. The highest BCUT2D eigenvalue weighted by Crippen LogP contribution is 2.24. The lowest BCUT2D eigenvalue weighted by Crippen LogP contribution is -2.39. The lowest BCUT2D eigenvalue weighted by Gasteiger charge is -2.19. The SMILES string of the molecule is NCC1CCCC1NC(=O)CCc1cc(F)ccc1F. The third-order valence-corrected chi connectivity index (χ3v) is 3.94. The van der Waals surface area contributed by atoms with Gasteiger partial charge in [0.2, 0.25) is 5.91 Å². The third kappa shape index (κ3) is 3.76. The van der Waals surface area contributed by atoms with Crippen molar-refractivity contribution in [2.75, 3.05) is 6.54 Å². The molecule has 3 nitrogen and oxygen atoms in total. The fourth-order valence-corrected chi connectivity index (χ4v) is 2.77. The molecule has 2 rings (SSSR count). The fourth-order valence-electron chi connectivity index (χ4n) is 2.77. The first-order valence-electron chi connectivity index (χ1n) is 7.03. The molecule has 1 aliphatic rings. The second-order valence-corrected chi connectivity index (χ2v) is 5.34. The van der Waals surface area contributed by atoms with Gasteiger partial charge >= 0.3 is 0 Å². The Labute approximate surface area is 117 Å². The maximum atomic E-state index is 13.4. The normalized spacial score (nSPS) is 21.9. The Hall–Kier alpha value is -1.49. The van der Waals surface area contributed by atoms with Gasteiger partial charge in [-0.15, -0.1) is 0 Å². The van der Waals surface area contributed by atoms with Crippen molar-refractivity contribution in [2.45, 2.75) is 38.1 Å². The number of nitrogens with one attached hydrogen (secondary N) is 1. The number of amides is 1. The quantitative estimate of drug-likeness (QED) is 0.869. The van der Waals surface area contributed by atoms with E-state index in [9.17, 15) is 13.6 Å². The molecule has 0 heterocycles. The van der Waals surface area contributed by atoms with Crippen molar-refractivity contribution in [1.29, 1.82) is 0 Å². The lowest BCUT2D eigenvalue weighted by atomic mass is 10.0. The molecule has 0 bridgehead atoms. The van der Waals surface area contributed by atoms with Gasteiger partial charge in [-0.3, -0.25) is 4.79 Å². The lowest BCUT2D eigenvalue weighted by molar-refractivity contribution is -0.122. The zero-order chi connectivity index (χ0) is 14.5. The van der Waals surface area contributed by atoms with Crippen LogP contribution in [-0.2, 0) is 11.2 Å². The average molecular weight is 282 g/mol.